The van der Waals surface area contributed by atoms with Crippen molar-refractivity contribution < 1.29 is 9.50 Å². The normalized spacial score (nSPS) is 10.8. The number of aliphatic hydroxyl groups excluding tert-OH is 1. The Morgan fingerprint density at radius 1 is 0.923 bits per heavy atom. The first-order chi connectivity index (χ1) is 12.6. The molecule has 0 aromatic heterocycles. The summed E-state index contributed by atoms with van der Waals surface area (Å²) < 4.78 is 15.1. The Morgan fingerprint density at radius 2 is 1.42 bits per heavy atom. The Labute approximate surface area is 158 Å². The van der Waals surface area contributed by atoms with E-state index in [1.165, 1.54) is 0 Å². The van der Waals surface area contributed by atoms with Crippen LogP contribution >= 0.6 is 11.6 Å². The van der Waals surface area contributed by atoms with Crippen LogP contribution in [0.1, 0.15) is 22.3 Å². The van der Waals surface area contributed by atoms with Crippen LogP contribution in [0.25, 0.3) is 0 Å². The summed E-state index contributed by atoms with van der Waals surface area (Å²) in [6, 6.07) is 21.5. The van der Waals surface area contributed by atoms with Gasteiger partial charge in [0, 0.05) is 23.7 Å². The van der Waals surface area contributed by atoms with Crippen LogP contribution in [0.5, 0.6) is 0 Å². The number of halogens is 2. The molecule has 26 heavy (non-hydrogen) atoms. The van der Waals surface area contributed by atoms with Crippen LogP contribution in [0.3, 0.4) is 0 Å². The molecule has 134 valence electrons. The van der Waals surface area contributed by atoms with Gasteiger partial charge in [0.25, 0.3) is 0 Å². The average Bonchev–Trinajstić information content (AvgIpc) is 2.66. The summed E-state index contributed by atoms with van der Waals surface area (Å²) in [6.07, 6.45) is 0. The van der Waals surface area contributed by atoms with Crippen molar-refractivity contribution in [3.05, 3.63) is 99.8 Å². The molecule has 3 aromatic rings. The monoisotopic (exact) mass is 369 g/mol. The first kappa shape index (κ1) is 18.4. The Bertz CT molecular complexity index is 827. The molecule has 0 heterocycles. The quantitative estimate of drug-likeness (QED) is 0.621. The van der Waals surface area contributed by atoms with Crippen LogP contribution in [-0.4, -0.2) is 5.11 Å². The van der Waals surface area contributed by atoms with Crippen LogP contribution in [-0.2, 0) is 19.7 Å². The van der Waals surface area contributed by atoms with E-state index in [0.717, 1.165) is 11.1 Å². The van der Waals surface area contributed by atoms with Gasteiger partial charge in [0.05, 0.1) is 12.3 Å². The summed E-state index contributed by atoms with van der Waals surface area (Å²) in [7, 11) is 0. The van der Waals surface area contributed by atoms with Crippen molar-refractivity contribution in [2.45, 2.75) is 26.6 Å². The number of nitrogens with zero attached hydrogens (tertiary/aromatic N) is 1. The molecule has 0 aliphatic carbocycles. The van der Waals surface area contributed by atoms with Gasteiger partial charge in [0.1, 0.15) is 5.82 Å². The standard InChI is InChI=1S/C22H21ClFNO/c1-16-19(15-26)20(23)12-21(22(16)24)25(13-17-8-4-2-5-9-17)14-18-10-6-3-7-11-18/h2-12,26H,13-15H2,1H3. The van der Waals surface area contributed by atoms with Gasteiger partial charge in [-0.15, -0.1) is 0 Å². The molecule has 4 heteroatoms. The number of benzene rings is 3. The third kappa shape index (κ3) is 4.06. The molecule has 0 aliphatic rings. The number of rotatable bonds is 6. The van der Waals surface area contributed by atoms with E-state index in [1.54, 1.807) is 13.0 Å². The molecule has 0 atom stereocenters. The van der Waals surface area contributed by atoms with Gasteiger partial charge in [-0.25, -0.2) is 4.39 Å². The molecule has 0 fully saturated rings. The molecular formula is C22H21ClFNO. The minimum absolute atomic E-state index is 0.279. The second-order valence-corrected chi connectivity index (χ2v) is 6.69. The minimum Gasteiger partial charge on any atom is -0.392 e. The summed E-state index contributed by atoms with van der Waals surface area (Å²) in [5.74, 6) is -0.342. The predicted molar refractivity (Wildman–Crippen MR) is 105 cm³/mol. The van der Waals surface area contributed by atoms with Gasteiger partial charge in [-0.3, -0.25) is 0 Å². The summed E-state index contributed by atoms with van der Waals surface area (Å²) in [5.41, 5.74) is 3.44. The fraction of sp³-hybridized carbons (Fsp3) is 0.182. The average molecular weight is 370 g/mol. The fourth-order valence-electron chi connectivity index (χ4n) is 3.03. The Morgan fingerprint density at radius 3 is 1.88 bits per heavy atom. The molecule has 0 radical (unpaired) electrons. The molecule has 0 unspecified atom stereocenters. The topological polar surface area (TPSA) is 23.5 Å². The molecule has 3 rings (SSSR count). The highest BCUT2D eigenvalue weighted by molar-refractivity contribution is 6.31. The number of hydrogen-bond donors (Lipinski definition) is 1. The smallest absolute Gasteiger partial charge is 0.149 e. The lowest BCUT2D eigenvalue weighted by Crippen LogP contribution is -2.24. The van der Waals surface area contributed by atoms with Gasteiger partial charge in [0.15, 0.2) is 0 Å². The predicted octanol–water partition coefficient (Wildman–Crippen LogP) is 5.49. The fourth-order valence-corrected chi connectivity index (χ4v) is 3.34. The Kier molecular flexibility index (Phi) is 5.92. The summed E-state index contributed by atoms with van der Waals surface area (Å²) in [5, 5.41) is 9.84. The molecule has 1 N–H and O–H groups in total. The molecule has 0 aliphatic heterocycles. The second kappa shape index (κ2) is 8.35. The van der Waals surface area contributed by atoms with Crippen LogP contribution in [0.4, 0.5) is 10.1 Å². The summed E-state index contributed by atoms with van der Waals surface area (Å²) >= 11 is 6.30. The van der Waals surface area contributed by atoms with Crippen LogP contribution in [0.15, 0.2) is 66.7 Å². The lowest BCUT2D eigenvalue weighted by molar-refractivity contribution is 0.280. The maximum atomic E-state index is 15.1. The molecule has 0 spiro atoms. The molecule has 0 saturated carbocycles. The molecule has 2 nitrogen and oxygen atoms in total. The molecule has 0 bridgehead atoms. The SMILES string of the molecule is Cc1c(F)c(N(Cc2ccccc2)Cc2ccccc2)cc(Cl)c1CO. The van der Waals surface area contributed by atoms with Gasteiger partial charge in [0.2, 0.25) is 0 Å². The van der Waals surface area contributed by atoms with Gasteiger partial charge >= 0.3 is 0 Å². The highest BCUT2D eigenvalue weighted by Gasteiger charge is 2.19. The van der Waals surface area contributed by atoms with Gasteiger partial charge in [-0.1, -0.05) is 72.3 Å². The van der Waals surface area contributed by atoms with E-state index in [-0.39, 0.29) is 12.4 Å². The maximum Gasteiger partial charge on any atom is 0.149 e. The van der Waals surface area contributed by atoms with Crippen molar-refractivity contribution in [2.75, 3.05) is 4.90 Å². The number of anilines is 1. The molecule has 0 saturated heterocycles. The van der Waals surface area contributed by atoms with E-state index in [2.05, 4.69) is 0 Å². The van der Waals surface area contributed by atoms with Crippen molar-refractivity contribution >= 4 is 17.3 Å². The lowest BCUT2D eigenvalue weighted by atomic mass is 10.1. The van der Waals surface area contributed by atoms with Crippen LogP contribution in [0.2, 0.25) is 5.02 Å². The Hall–Kier alpha value is -2.36. The van der Waals surface area contributed by atoms with Gasteiger partial charge in [-0.2, -0.15) is 0 Å². The summed E-state index contributed by atoms with van der Waals surface area (Å²) in [4.78, 5) is 1.97. The molecule has 3 aromatic carbocycles. The van der Waals surface area contributed by atoms with Gasteiger partial charge in [-0.05, 0) is 29.7 Å². The summed E-state index contributed by atoms with van der Waals surface area (Å²) in [6.45, 7) is 2.49. The van der Waals surface area contributed by atoms with Crippen molar-refractivity contribution in [3.63, 3.8) is 0 Å². The van der Waals surface area contributed by atoms with E-state index in [1.807, 2.05) is 65.6 Å². The van der Waals surface area contributed by atoms with E-state index in [0.29, 0.717) is 34.9 Å². The molecule has 0 amide bonds. The zero-order chi connectivity index (χ0) is 18.5. The van der Waals surface area contributed by atoms with Crippen molar-refractivity contribution in [3.8, 4) is 0 Å². The highest BCUT2D eigenvalue weighted by atomic mass is 35.5. The number of aliphatic hydroxyl groups is 1. The second-order valence-electron chi connectivity index (χ2n) is 6.28. The molecular weight excluding hydrogens is 349 g/mol. The lowest BCUT2D eigenvalue weighted by Gasteiger charge is -2.27. The van der Waals surface area contributed by atoms with E-state index >= 15 is 4.39 Å². The minimum atomic E-state index is -0.342. The van der Waals surface area contributed by atoms with Crippen LogP contribution < -0.4 is 4.90 Å². The zero-order valence-electron chi connectivity index (χ0n) is 14.6. The third-order valence-electron chi connectivity index (χ3n) is 4.49. The first-order valence-electron chi connectivity index (χ1n) is 8.51. The zero-order valence-corrected chi connectivity index (χ0v) is 15.4. The van der Waals surface area contributed by atoms with Crippen LogP contribution in [0, 0.1) is 12.7 Å². The van der Waals surface area contributed by atoms with Gasteiger partial charge < -0.3 is 10.0 Å². The van der Waals surface area contributed by atoms with Crippen molar-refractivity contribution in [1.82, 2.24) is 0 Å². The van der Waals surface area contributed by atoms with Crippen molar-refractivity contribution in [2.24, 2.45) is 0 Å². The van der Waals surface area contributed by atoms with Crippen molar-refractivity contribution in [1.29, 1.82) is 0 Å². The third-order valence-corrected chi connectivity index (χ3v) is 4.83. The van der Waals surface area contributed by atoms with E-state index < -0.39 is 0 Å². The highest BCUT2D eigenvalue weighted by Crippen LogP contribution is 2.33. The maximum absolute atomic E-state index is 15.1. The Balaban J connectivity index is 2.02. The number of hydrogen-bond acceptors (Lipinski definition) is 2. The van der Waals surface area contributed by atoms with E-state index in [9.17, 15) is 5.11 Å². The first-order valence-corrected chi connectivity index (χ1v) is 8.89. The van der Waals surface area contributed by atoms with E-state index in [4.69, 9.17) is 11.6 Å². The largest absolute Gasteiger partial charge is 0.392 e.